The molecule has 1 aliphatic rings. The molecule has 0 saturated carbocycles. The van der Waals surface area contributed by atoms with E-state index in [0.717, 1.165) is 19.6 Å². The monoisotopic (exact) mass is 255 g/mol. The molecule has 1 fully saturated rings. The smallest absolute Gasteiger partial charge is 0.0462 e. The van der Waals surface area contributed by atoms with Gasteiger partial charge >= 0.3 is 0 Å². The standard InChI is InChI=1S/C16H21N3/c1-16(2)12-19(10-4-8-18-16)15-6-3-5-13-7-9-17-11-14(13)15/h3,5-7,9,11,18H,4,8,10,12H2,1-2H3. The van der Waals surface area contributed by atoms with E-state index in [9.17, 15) is 0 Å². The number of benzene rings is 1. The molecule has 1 saturated heterocycles. The van der Waals surface area contributed by atoms with Crippen molar-refractivity contribution in [1.29, 1.82) is 0 Å². The first-order valence-electron chi connectivity index (χ1n) is 6.98. The Kier molecular flexibility index (Phi) is 3.15. The van der Waals surface area contributed by atoms with Gasteiger partial charge < -0.3 is 10.2 Å². The summed E-state index contributed by atoms with van der Waals surface area (Å²) in [5, 5.41) is 6.13. The first kappa shape index (κ1) is 12.4. The zero-order valence-corrected chi connectivity index (χ0v) is 11.7. The molecule has 3 heteroatoms. The molecular formula is C16H21N3. The summed E-state index contributed by atoms with van der Waals surface area (Å²) < 4.78 is 0. The molecule has 0 radical (unpaired) electrons. The van der Waals surface area contributed by atoms with Gasteiger partial charge in [0.2, 0.25) is 0 Å². The zero-order chi connectivity index (χ0) is 13.3. The minimum atomic E-state index is 0.154. The van der Waals surface area contributed by atoms with Crippen LogP contribution in [-0.2, 0) is 0 Å². The fraction of sp³-hybridized carbons (Fsp3) is 0.438. The van der Waals surface area contributed by atoms with E-state index < -0.39 is 0 Å². The Hall–Kier alpha value is -1.61. The minimum absolute atomic E-state index is 0.154. The van der Waals surface area contributed by atoms with Gasteiger partial charge in [0.15, 0.2) is 0 Å². The summed E-state index contributed by atoms with van der Waals surface area (Å²) in [5.41, 5.74) is 1.46. The lowest BCUT2D eigenvalue weighted by Crippen LogP contribution is -2.46. The molecule has 2 heterocycles. The fourth-order valence-electron chi connectivity index (χ4n) is 2.89. The van der Waals surface area contributed by atoms with Crippen LogP contribution in [0.2, 0.25) is 0 Å². The number of rotatable bonds is 1. The summed E-state index contributed by atoms with van der Waals surface area (Å²) in [6.07, 6.45) is 5.02. The van der Waals surface area contributed by atoms with Gasteiger partial charge in [-0.2, -0.15) is 0 Å². The summed E-state index contributed by atoms with van der Waals surface area (Å²) in [6.45, 7) is 7.77. The maximum Gasteiger partial charge on any atom is 0.0462 e. The number of anilines is 1. The highest BCUT2D eigenvalue weighted by Gasteiger charge is 2.24. The van der Waals surface area contributed by atoms with Crippen molar-refractivity contribution in [2.45, 2.75) is 25.8 Å². The van der Waals surface area contributed by atoms with Crippen LogP contribution in [0.15, 0.2) is 36.7 Å². The summed E-state index contributed by atoms with van der Waals surface area (Å²) in [6, 6.07) is 8.59. The number of aromatic nitrogens is 1. The summed E-state index contributed by atoms with van der Waals surface area (Å²) in [4.78, 5) is 6.78. The van der Waals surface area contributed by atoms with E-state index >= 15 is 0 Å². The largest absolute Gasteiger partial charge is 0.369 e. The predicted octanol–water partition coefficient (Wildman–Crippen LogP) is 2.81. The van der Waals surface area contributed by atoms with Gasteiger partial charge in [-0.05, 0) is 44.3 Å². The zero-order valence-electron chi connectivity index (χ0n) is 11.7. The molecule has 0 aliphatic carbocycles. The van der Waals surface area contributed by atoms with Crippen LogP contribution in [0.25, 0.3) is 10.8 Å². The van der Waals surface area contributed by atoms with Crippen molar-refractivity contribution >= 4 is 16.5 Å². The number of hydrogen-bond donors (Lipinski definition) is 1. The number of fused-ring (bicyclic) bond motifs is 1. The first-order chi connectivity index (χ1) is 9.16. The van der Waals surface area contributed by atoms with Gasteiger partial charge in [-0.15, -0.1) is 0 Å². The van der Waals surface area contributed by atoms with E-state index in [4.69, 9.17) is 0 Å². The van der Waals surface area contributed by atoms with E-state index in [1.807, 2.05) is 12.4 Å². The van der Waals surface area contributed by atoms with Crippen LogP contribution in [0.3, 0.4) is 0 Å². The van der Waals surface area contributed by atoms with Gasteiger partial charge in [0.05, 0.1) is 0 Å². The second-order valence-electron chi connectivity index (χ2n) is 5.96. The van der Waals surface area contributed by atoms with Gasteiger partial charge in [-0.1, -0.05) is 12.1 Å². The molecular weight excluding hydrogens is 234 g/mol. The van der Waals surface area contributed by atoms with Crippen molar-refractivity contribution in [1.82, 2.24) is 10.3 Å². The minimum Gasteiger partial charge on any atom is -0.369 e. The molecule has 3 rings (SSSR count). The number of nitrogens with zero attached hydrogens (tertiary/aromatic N) is 2. The number of hydrogen-bond acceptors (Lipinski definition) is 3. The third kappa shape index (κ3) is 2.56. The molecule has 0 spiro atoms. The maximum atomic E-state index is 4.29. The molecule has 0 bridgehead atoms. The summed E-state index contributed by atoms with van der Waals surface area (Å²) in [5.74, 6) is 0. The van der Waals surface area contributed by atoms with Crippen LogP contribution in [0.5, 0.6) is 0 Å². The molecule has 100 valence electrons. The maximum absolute atomic E-state index is 4.29. The Morgan fingerprint density at radius 1 is 1.26 bits per heavy atom. The van der Waals surface area contributed by atoms with Gasteiger partial charge in [-0.25, -0.2) is 0 Å². The van der Waals surface area contributed by atoms with E-state index in [2.05, 4.69) is 53.3 Å². The lowest BCUT2D eigenvalue weighted by Gasteiger charge is -2.32. The molecule has 1 N–H and O–H groups in total. The van der Waals surface area contributed by atoms with Crippen LogP contribution in [0, 0.1) is 0 Å². The predicted molar refractivity (Wildman–Crippen MR) is 80.7 cm³/mol. The van der Waals surface area contributed by atoms with Crippen LogP contribution < -0.4 is 10.2 Å². The molecule has 0 amide bonds. The van der Waals surface area contributed by atoms with E-state index in [-0.39, 0.29) is 5.54 Å². The number of pyridine rings is 1. The molecule has 1 aromatic carbocycles. The third-order valence-electron chi connectivity index (χ3n) is 3.80. The van der Waals surface area contributed by atoms with Crippen molar-refractivity contribution in [2.75, 3.05) is 24.5 Å². The van der Waals surface area contributed by atoms with Crippen LogP contribution in [0.4, 0.5) is 5.69 Å². The van der Waals surface area contributed by atoms with Crippen LogP contribution in [-0.4, -0.2) is 30.2 Å². The van der Waals surface area contributed by atoms with Crippen molar-refractivity contribution in [3.8, 4) is 0 Å². The Bertz CT molecular complexity index is 572. The van der Waals surface area contributed by atoms with Gasteiger partial charge in [0, 0.05) is 42.1 Å². The Balaban J connectivity index is 2.03. The van der Waals surface area contributed by atoms with Crippen molar-refractivity contribution in [3.63, 3.8) is 0 Å². The lowest BCUT2D eigenvalue weighted by atomic mass is 10.0. The molecule has 0 unspecified atom stereocenters. The Morgan fingerprint density at radius 2 is 2.16 bits per heavy atom. The molecule has 1 aliphatic heterocycles. The second kappa shape index (κ2) is 4.82. The van der Waals surface area contributed by atoms with E-state index in [1.54, 1.807) is 0 Å². The van der Waals surface area contributed by atoms with Gasteiger partial charge in [0.25, 0.3) is 0 Å². The van der Waals surface area contributed by atoms with Gasteiger partial charge in [0.1, 0.15) is 0 Å². The molecule has 1 aromatic heterocycles. The second-order valence-corrected chi connectivity index (χ2v) is 5.96. The molecule has 0 atom stereocenters. The average molecular weight is 255 g/mol. The highest BCUT2D eigenvalue weighted by Crippen LogP contribution is 2.28. The first-order valence-corrected chi connectivity index (χ1v) is 6.98. The summed E-state index contributed by atoms with van der Waals surface area (Å²) >= 11 is 0. The SMILES string of the molecule is CC1(C)CN(c2cccc3ccncc23)CCCN1. The molecule has 2 aromatic rings. The topological polar surface area (TPSA) is 28.2 Å². The van der Waals surface area contributed by atoms with Crippen molar-refractivity contribution < 1.29 is 0 Å². The van der Waals surface area contributed by atoms with E-state index in [0.29, 0.717) is 0 Å². The van der Waals surface area contributed by atoms with Crippen molar-refractivity contribution in [2.24, 2.45) is 0 Å². The molecule has 19 heavy (non-hydrogen) atoms. The van der Waals surface area contributed by atoms with Crippen molar-refractivity contribution in [3.05, 3.63) is 36.7 Å². The third-order valence-corrected chi connectivity index (χ3v) is 3.80. The highest BCUT2D eigenvalue weighted by molar-refractivity contribution is 5.93. The fourth-order valence-corrected chi connectivity index (χ4v) is 2.89. The summed E-state index contributed by atoms with van der Waals surface area (Å²) in [7, 11) is 0. The van der Waals surface area contributed by atoms with Gasteiger partial charge in [-0.3, -0.25) is 4.98 Å². The Morgan fingerprint density at radius 3 is 3.05 bits per heavy atom. The van der Waals surface area contributed by atoms with Crippen LogP contribution in [0.1, 0.15) is 20.3 Å². The molecule has 3 nitrogen and oxygen atoms in total. The normalized spacial score (nSPS) is 19.4. The average Bonchev–Trinajstić information content (AvgIpc) is 2.59. The lowest BCUT2D eigenvalue weighted by molar-refractivity contribution is 0.416. The van der Waals surface area contributed by atoms with Crippen LogP contribution >= 0.6 is 0 Å². The highest BCUT2D eigenvalue weighted by atomic mass is 15.2. The number of nitrogens with one attached hydrogen (secondary N) is 1. The Labute approximate surface area is 114 Å². The van der Waals surface area contributed by atoms with E-state index in [1.165, 1.54) is 22.9 Å². The quantitative estimate of drug-likeness (QED) is 0.849.